The number of phenolic OH excluding ortho intramolecular Hbond substituents is 1. The number of phenols is 1. The fourth-order valence-corrected chi connectivity index (χ4v) is 1.28. The number of aromatic hydroxyl groups is 1. The molecule has 1 aromatic heterocycles. The van der Waals surface area contributed by atoms with E-state index in [2.05, 4.69) is 0 Å². The molecule has 0 bridgehead atoms. The summed E-state index contributed by atoms with van der Waals surface area (Å²) in [6, 6.07) is 6.14. The van der Waals surface area contributed by atoms with Crippen LogP contribution in [0.3, 0.4) is 0 Å². The second-order valence-electron chi connectivity index (χ2n) is 2.88. The van der Waals surface area contributed by atoms with Crippen molar-refractivity contribution in [1.29, 1.82) is 0 Å². The monoisotopic (exact) mass is 176 g/mol. The zero-order valence-electron chi connectivity index (χ0n) is 7.07. The molecule has 0 spiro atoms. The Morgan fingerprint density at radius 3 is 2.92 bits per heavy atom. The Kier molecular flexibility index (Phi) is 1.59. The summed E-state index contributed by atoms with van der Waals surface area (Å²) in [7, 11) is 0. The van der Waals surface area contributed by atoms with E-state index in [0.717, 1.165) is 0 Å². The summed E-state index contributed by atoms with van der Waals surface area (Å²) in [5.74, 6) is 0.498. The number of hydrogen-bond acceptors (Lipinski definition) is 3. The molecule has 3 nitrogen and oxygen atoms in total. The van der Waals surface area contributed by atoms with Crippen LogP contribution in [0.25, 0.3) is 11.0 Å². The zero-order valence-corrected chi connectivity index (χ0v) is 7.07. The maximum atomic E-state index is 11.4. The summed E-state index contributed by atoms with van der Waals surface area (Å²) in [4.78, 5) is 11.4. The summed E-state index contributed by atoms with van der Waals surface area (Å²) in [5.41, 5.74) is 0.127. The summed E-state index contributed by atoms with van der Waals surface area (Å²) in [6.07, 6.45) is 0. The Labute approximate surface area is 74.2 Å². The minimum atomic E-state index is -0.130. The Hall–Kier alpha value is -1.77. The molecule has 0 atom stereocenters. The van der Waals surface area contributed by atoms with Gasteiger partial charge in [-0.3, -0.25) is 4.79 Å². The number of rotatable bonds is 0. The van der Waals surface area contributed by atoms with E-state index in [1.165, 1.54) is 12.1 Å². The van der Waals surface area contributed by atoms with Gasteiger partial charge in [-0.1, -0.05) is 6.07 Å². The van der Waals surface area contributed by atoms with Crippen LogP contribution in [0.15, 0.2) is 33.5 Å². The van der Waals surface area contributed by atoms with Gasteiger partial charge in [-0.15, -0.1) is 0 Å². The normalized spacial score (nSPS) is 10.5. The van der Waals surface area contributed by atoms with E-state index in [0.29, 0.717) is 11.1 Å². The first-order chi connectivity index (χ1) is 6.18. The van der Waals surface area contributed by atoms with E-state index in [4.69, 9.17) is 4.42 Å². The average molecular weight is 176 g/mol. The van der Waals surface area contributed by atoms with Crippen molar-refractivity contribution < 1.29 is 9.52 Å². The van der Waals surface area contributed by atoms with Gasteiger partial charge in [0.2, 0.25) is 0 Å². The summed E-state index contributed by atoms with van der Waals surface area (Å²) in [6.45, 7) is 1.67. The van der Waals surface area contributed by atoms with Crippen LogP contribution in [0.2, 0.25) is 0 Å². The molecule has 0 aliphatic rings. The van der Waals surface area contributed by atoms with Gasteiger partial charge < -0.3 is 9.52 Å². The van der Waals surface area contributed by atoms with Gasteiger partial charge >= 0.3 is 0 Å². The lowest BCUT2D eigenvalue weighted by atomic mass is 10.2. The van der Waals surface area contributed by atoms with Crippen LogP contribution < -0.4 is 5.43 Å². The molecule has 3 heteroatoms. The number of aryl methyl sites for hydroxylation is 1. The third-order valence-corrected chi connectivity index (χ3v) is 1.86. The molecule has 0 amide bonds. The average Bonchev–Trinajstić information content (AvgIpc) is 2.07. The third-order valence-electron chi connectivity index (χ3n) is 1.86. The summed E-state index contributed by atoms with van der Waals surface area (Å²) in [5, 5.41) is 9.80. The molecule has 1 heterocycles. The van der Waals surface area contributed by atoms with Gasteiger partial charge in [0, 0.05) is 6.07 Å². The molecule has 0 aliphatic carbocycles. The van der Waals surface area contributed by atoms with Crippen LogP contribution in [0.5, 0.6) is 5.75 Å². The first-order valence-corrected chi connectivity index (χ1v) is 3.91. The van der Waals surface area contributed by atoms with Crippen molar-refractivity contribution >= 4 is 11.0 Å². The van der Waals surface area contributed by atoms with Gasteiger partial charge in [-0.2, -0.15) is 0 Å². The molecule has 1 N–H and O–H groups in total. The standard InChI is InChI=1S/C10H8O3/c1-6-5-9(12)7-3-2-4-8(11)10(7)13-6/h2-5,11H,1H3. The minimum Gasteiger partial charge on any atom is -0.504 e. The first-order valence-electron chi connectivity index (χ1n) is 3.91. The van der Waals surface area contributed by atoms with Crippen LogP contribution in [-0.4, -0.2) is 5.11 Å². The quantitative estimate of drug-likeness (QED) is 0.665. The molecule has 0 radical (unpaired) electrons. The second-order valence-corrected chi connectivity index (χ2v) is 2.88. The highest BCUT2D eigenvalue weighted by molar-refractivity contribution is 5.81. The van der Waals surface area contributed by atoms with E-state index >= 15 is 0 Å². The summed E-state index contributed by atoms with van der Waals surface area (Å²) >= 11 is 0. The van der Waals surface area contributed by atoms with Crippen molar-refractivity contribution in [2.75, 3.05) is 0 Å². The summed E-state index contributed by atoms with van der Waals surface area (Å²) < 4.78 is 5.22. The lowest BCUT2D eigenvalue weighted by Gasteiger charge is -1.99. The molecule has 66 valence electrons. The number of benzene rings is 1. The fourth-order valence-electron chi connectivity index (χ4n) is 1.28. The van der Waals surface area contributed by atoms with Crippen molar-refractivity contribution in [1.82, 2.24) is 0 Å². The SMILES string of the molecule is Cc1cc(=O)c2cccc(O)c2o1. The smallest absolute Gasteiger partial charge is 0.193 e. The Balaban J connectivity index is 3.03. The van der Waals surface area contributed by atoms with E-state index in [1.807, 2.05) is 0 Å². The van der Waals surface area contributed by atoms with Gasteiger partial charge in [0.15, 0.2) is 16.8 Å². The lowest BCUT2D eigenvalue weighted by molar-refractivity contribution is 0.458. The van der Waals surface area contributed by atoms with E-state index < -0.39 is 0 Å². The van der Waals surface area contributed by atoms with Crippen molar-refractivity contribution in [2.45, 2.75) is 6.92 Å². The first kappa shape index (κ1) is 7.86. The molecule has 0 fully saturated rings. The molecule has 2 aromatic rings. The fraction of sp³-hybridized carbons (Fsp3) is 0.100. The number of fused-ring (bicyclic) bond motifs is 1. The van der Waals surface area contributed by atoms with E-state index in [-0.39, 0.29) is 16.8 Å². The Bertz CT molecular complexity index is 511. The lowest BCUT2D eigenvalue weighted by Crippen LogP contribution is -1.99. The van der Waals surface area contributed by atoms with Crippen molar-refractivity contribution in [3.05, 3.63) is 40.2 Å². The molecule has 2 rings (SSSR count). The highest BCUT2D eigenvalue weighted by Gasteiger charge is 2.05. The molecular weight excluding hydrogens is 168 g/mol. The van der Waals surface area contributed by atoms with Gasteiger partial charge in [0.05, 0.1) is 5.39 Å². The van der Waals surface area contributed by atoms with E-state index in [9.17, 15) is 9.90 Å². The molecule has 0 saturated heterocycles. The Morgan fingerprint density at radius 2 is 2.15 bits per heavy atom. The third kappa shape index (κ3) is 1.18. The molecule has 0 saturated carbocycles. The largest absolute Gasteiger partial charge is 0.504 e. The van der Waals surface area contributed by atoms with Crippen molar-refractivity contribution in [3.8, 4) is 5.75 Å². The topological polar surface area (TPSA) is 50.4 Å². The van der Waals surface area contributed by atoms with Crippen LogP contribution in [0, 0.1) is 6.92 Å². The number of hydrogen-bond donors (Lipinski definition) is 1. The van der Waals surface area contributed by atoms with Gasteiger partial charge in [0.25, 0.3) is 0 Å². The maximum Gasteiger partial charge on any atom is 0.193 e. The second kappa shape index (κ2) is 2.62. The van der Waals surface area contributed by atoms with Gasteiger partial charge in [-0.25, -0.2) is 0 Å². The van der Waals surface area contributed by atoms with Crippen LogP contribution >= 0.6 is 0 Å². The predicted molar refractivity (Wildman–Crippen MR) is 48.9 cm³/mol. The van der Waals surface area contributed by atoms with Crippen LogP contribution in [0.1, 0.15) is 5.76 Å². The predicted octanol–water partition coefficient (Wildman–Crippen LogP) is 1.81. The molecular formula is C10H8O3. The van der Waals surface area contributed by atoms with Gasteiger partial charge in [-0.05, 0) is 19.1 Å². The highest BCUT2D eigenvalue weighted by Crippen LogP contribution is 2.22. The van der Waals surface area contributed by atoms with E-state index in [1.54, 1.807) is 19.1 Å². The maximum absolute atomic E-state index is 11.4. The minimum absolute atomic E-state index is 0.00157. The molecule has 0 unspecified atom stereocenters. The van der Waals surface area contributed by atoms with Crippen molar-refractivity contribution in [2.24, 2.45) is 0 Å². The molecule has 13 heavy (non-hydrogen) atoms. The Morgan fingerprint density at radius 1 is 1.38 bits per heavy atom. The van der Waals surface area contributed by atoms with Crippen LogP contribution in [0.4, 0.5) is 0 Å². The number of para-hydroxylation sites is 1. The van der Waals surface area contributed by atoms with Gasteiger partial charge in [0.1, 0.15) is 5.76 Å². The molecule has 0 aliphatic heterocycles. The highest BCUT2D eigenvalue weighted by atomic mass is 16.4. The molecule has 1 aromatic carbocycles. The zero-order chi connectivity index (χ0) is 9.42. The van der Waals surface area contributed by atoms with Crippen LogP contribution in [-0.2, 0) is 0 Å². The van der Waals surface area contributed by atoms with Crippen molar-refractivity contribution in [3.63, 3.8) is 0 Å².